The van der Waals surface area contributed by atoms with Crippen LogP contribution < -0.4 is 5.32 Å². The average Bonchev–Trinajstić information content (AvgIpc) is 2.35. The highest BCUT2D eigenvalue weighted by Crippen LogP contribution is 2.21. The van der Waals surface area contributed by atoms with Gasteiger partial charge in [0.15, 0.2) is 0 Å². The van der Waals surface area contributed by atoms with Crippen LogP contribution in [0.5, 0.6) is 0 Å². The van der Waals surface area contributed by atoms with E-state index in [0.29, 0.717) is 12.4 Å². The van der Waals surface area contributed by atoms with E-state index in [1.54, 1.807) is 0 Å². The van der Waals surface area contributed by atoms with Gasteiger partial charge in [0.05, 0.1) is 4.92 Å². The van der Waals surface area contributed by atoms with Gasteiger partial charge >= 0.3 is 11.7 Å². The normalized spacial score (nSPS) is 11.4. The van der Waals surface area contributed by atoms with E-state index in [-0.39, 0.29) is 11.1 Å². The van der Waals surface area contributed by atoms with Gasteiger partial charge in [-0.15, -0.1) is 0 Å². The second-order valence-corrected chi connectivity index (χ2v) is 5.21. The van der Waals surface area contributed by atoms with Gasteiger partial charge in [0.25, 0.3) is 0 Å². The molecule has 20 heavy (non-hydrogen) atoms. The molecule has 0 saturated heterocycles. The Hall–Kier alpha value is -2.22. The number of carbonyl (C=O) groups is 1. The van der Waals surface area contributed by atoms with Gasteiger partial charge < -0.3 is 15.3 Å². The number of pyridine rings is 1. The molecule has 110 valence electrons. The lowest BCUT2D eigenvalue weighted by atomic mass is 10.0. The zero-order valence-corrected chi connectivity index (χ0v) is 11.9. The summed E-state index contributed by atoms with van der Waals surface area (Å²) < 4.78 is 0. The van der Waals surface area contributed by atoms with E-state index in [4.69, 9.17) is 5.11 Å². The molecule has 0 bridgehead atoms. The summed E-state index contributed by atoms with van der Waals surface area (Å²) in [6.45, 7) is 4.52. The van der Waals surface area contributed by atoms with E-state index >= 15 is 0 Å². The Morgan fingerprint density at radius 1 is 1.55 bits per heavy atom. The summed E-state index contributed by atoms with van der Waals surface area (Å²) in [5.41, 5.74) is -1.07. The Balaban J connectivity index is 2.96. The molecule has 0 saturated carbocycles. The summed E-state index contributed by atoms with van der Waals surface area (Å²) in [6.07, 6.45) is 0.953. The van der Waals surface area contributed by atoms with Crippen molar-refractivity contribution in [2.75, 3.05) is 26.0 Å². The number of rotatable bonds is 6. The van der Waals surface area contributed by atoms with E-state index < -0.39 is 16.6 Å². The number of hydrogen-bond donors (Lipinski definition) is 2. The number of aromatic nitrogens is 1. The number of hydrogen-bond acceptors (Lipinski definition) is 6. The highest BCUT2D eigenvalue weighted by Gasteiger charge is 2.23. The Labute approximate surface area is 116 Å². The lowest BCUT2D eigenvalue weighted by Crippen LogP contribution is -2.44. The molecular weight excluding hydrogens is 264 g/mol. The summed E-state index contributed by atoms with van der Waals surface area (Å²) in [5, 5.41) is 22.7. The van der Waals surface area contributed by atoms with Crippen LogP contribution in [-0.2, 0) is 0 Å². The highest BCUT2D eigenvalue weighted by atomic mass is 16.6. The van der Waals surface area contributed by atoms with Crippen LogP contribution in [0.2, 0.25) is 0 Å². The van der Waals surface area contributed by atoms with E-state index in [1.165, 1.54) is 6.07 Å². The third-order valence-electron chi connectivity index (χ3n) is 3.22. The molecule has 8 nitrogen and oxygen atoms in total. The van der Waals surface area contributed by atoms with Crippen molar-refractivity contribution in [2.45, 2.75) is 19.4 Å². The first-order chi connectivity index (χ1) is 9.15. The summed E-state index contributed by atoms with van der Waals surface area (Å²) in [5.74, 6) is -1.06. The standard InChI is InChI=1S/C12H18N4O4/c1-12(2,15(3)4)7-14-10-5-8(11(17)18)9(6-13-10)16(19)20/h5-6H,7H2,1-4H3,(H,13,14)(H,17,18). The van der Waals surface area contributed by atoms with Crippen LogP contribution in [0.1, 0.15) is 24.2 Å². The molecule has 1 rings (SSSR count). The molecule has 8 heteroatoms. The largest absolute Gasteiger partial charge is 0.477 e. The Kier molecular flexibility index (Phi) is 4.61. The van der Waals surface area contributed by atoms with Crippen LogP contribution in [0, 0.1) is 10.1 Å². The van der Waals surface area contributed by atoms with Crippen molar-refractivity contribution in [3.63, 3.8) is 0 Å². The number of carboxylic acids is 1. The van der Waals surface area contributed by atoms with Crippen molar-refractivity contribution in [3.05, 3.63) is 27.9 Å². The number of nitro groups is 1. The van der Waals surface area contributed by atoms with Crippen LogP contribution >= 0.6 is 0 Å². The summed E-state index contributed by atoms with van der Waals surface area (Å²) in [4.78, 5) is 26.9. The van der Waals surface area contributed by atoms with E-state index in [2.05, 4.69) is 10.3 Å². The first-order valence-electron chi connectivity index (χ1n) is 5.94. The van der Waals surface area contributed by atoms with Gasteiger partial charge in [0.2, 0.25) is 0 Å². The van der Waals surface area contributed by atoms with Gasteiger partial charge in [-0.25, -0.2) is 9.78 Å². The van der Waals surface area contributed by atoms with Crippen molar-refractivity contribution < 1.29 is 14.8 Å². The molecule has 0 aliphatic heterocycles. The van der Waals surface area contributed by atoms with Gasteiger partial charge in [-0.1, -0.05) is 0 Å². The predicted molar refractivity (Wildman–Crippen MR) is 74.1 cm³/mol. The molecule has 0 atom stereocenters. The lowest BCUT2D eigenvalue weighted by Gasteiger charge is -2.32. The predicted octanol–water partition coefficient (Wildman–Crippen LogP) is 1.44. The van der Waals surface area contributed by atoms with Crippen molar-refractivity contribution >= 4 is 17.5 Å². The Morgan fingerprint density at radius 3 is 2.60 bits per heavy atom. The molecule has 1 aromatic rings. The van der Waals surface area contributed by atoms with Gasteiger partial charge in [-0.05, 0) is 27.9 Å². The second-order valence-electron chi connectivity index (χ2n) is 5.21. The molecule has 0 aliphatic carbocycles. The van der Waals surface area contributed by atoms with E-state index in [0.717, 1.165) is 6.20 Å². The van der Waals surface area contributed by atoms with Crippen molar-refractivity contribution in [1.29, 1.82) is 0 Å². The maximum atomic E-state index is 11.0. The lowest BCUT2D eigenvalue weighted by molar-refractivity contribution is -0.385. The zero-order valence-electron chi connectivity index (χ0n) is 11.9. The molecule has 0 spiro atoms. The summed E-state index contributed by atoms with van der Waals surface area (Å²) in [6, 6.07) is 1.17. The van der Waals surface area contributed by atoms with Gasteiger partial charge in [-0.3, -0.25) is 10.1 Å². The quantitative estimate of drug-likeness (QED) is 0.600. The topological polar surface area (TPSA) is 109 Å². The fourth-order valence-corrected chi connectivity index (χ4v) is 1.33. The molecule has 1 heterocycles. The molecular formula is C12H18N4O4. The SMILES string of the molecule is CN(C)C(C)(C)CNc1cc(C(=O)O)c([N+](=O)[O-])cn1. The summed E-state index contributed by atoms with van der Waals surface area (Å²) in [7, 11) is 3.85. The first-order valence-corrected chi connectivity index (χ1v) is 5.94. The van der Waals surface area contributed by atoms with Crippen LogP contribution in [0.3, 0.4) is 0 Å². The molecule has 1 aromatic heterocycles. The minimum absolute atomic E-state index is 0.174. The Morgan fingerprint density at radius 2 is 2.15 bits per heavy atom. The van der Waals surface area contributed by atoms with Gasteiger partial charge in [0.1, 0.15) is 17.6 Å². The maximum Gasteiger partial charge on any atom is 0.342 e. The summed E-state index contributed by atoms with van der Waals surface area (Å²) >= 11 is 0. The molecule has 0 unspecified atom stereocenters. The number of nitrogens with zero attached hydrogens (tertiary/aromatic N) is 3. The van der Waals surface area contributed by atoms with E-state index in [1.807, 2.05) is 32.8 Å². The van der Waals surface area contributed by atoms with Crippen LogP contribution in [-0.4, -0.2) is 52.1 Å². The number of anilines is 1. The third-order valence-corrected chi connectivity index (χ3v) is 3.22. The third kappa shape index (κ3) is 3.64. The fraction of sp³-hybridized carbons (Fsp3) is 0.500. The van der Waals surface area contributed by atoms with E-state index in [9.17, 15) is 14.9 Å². The van der Waals surface area contributed by atoms with Crippen LogP contribution in [0.25, 0.3) is 0 Å². The number of carboxylic acid groups (broad SMARTS) is 1. The highest BCUT2D eigenvalue weighted by molar-refractivity contribution is 5.93. The minimum atomic E-state index is -1.35. The molecule has 0 aromatic carbocycles. The number of nitrogens with one attached hydrogen (secondary N) is 1. The zero-order chi connectivity index (χ0) is 15.5. The minimum Gasteiger partial charge on any atom is -0.477 e. The second kappa shape index (κ2) is 5.83. The smallest absolute Gasteiger partial charge is 0.342 e. The van der Waals surface area contributed by atoms with Gasteiger partial charge in [0, 0.05) is 18.2 Å². The molecule has 0 amide bonds. The molecule has 0 aliphatic rings. The maximum absolute atomic E-state index is 11.0. The molecule has 2 N–H and O–H groups in total. The Bertz CT molecular complexity index is 528. The van der Waals surface area contributed by atoms with Gasteiger partial charge in [-0.2, -0.15) is 0 Å². The van der Waals surface area contributed by atoms with Crippen molar-refractivity contribution in [1.82, 2.24) is 9.88 Å². The van der Waals surface area contributed by atoms with Crippen molar-refractivity contribution in [3.8, 4) is 0 Å². The van der Waals surface area contributed by atoms with Crippen molar-refractivity contribution in [2.24, 2.45) is 0 Å². The molecule has 0 fully saturated rings. The van der Waals surface area contributed by atoms with Crippen LogP contribution in [0.15, 0.2) is 12.3 Å². The average molecular weight is 282 g/mol. The fourth-order valence-electron chi connectivity index (χ4n) is 1.33. The van der Waals surface area contributed by atoms with Crippen LogP contribution in [0.4, 0.5) is 11.5 Å². The first kappa shape index (κ1) is 15.8. The molecule has 0 radical (unpaired) electrons. The monoisotopic (exact) mass is 282 g/mol. The number of likely N-dealkylation sites (N-methyl/N-ethyl adjacent to an activating group) is 1. The number of aromatic carboxylic acids is 1.